The fourth-order valence-electron chi connectivity index (χ4n) is 2.76. The highest BCUT2D eigenvalue weighted by Crippen LogP contribution is 2.24. The summed E-state index contributed by atoms with van der Waals surface area (Å²) in [5.74, 6) is -0.328. The summed E-state index contributed by atoms with van der Waals surface area (Å²) in [5, 5.41) is 8.02. The molecule has 2 aromatic rings. The van der Waals surface area contributed by atoms with E-state index in [1.165, 1.54) is 6.92 Å². The molecule has 0 aromatic heterocycles. The number of amides is 2. The molecule has 23 heavy (non-hydrogen) atoms. The van der Waals surface area contributed by atoms with Crippen molar-refractivity contribution in [1.29, 1.82) is 0 Å². The quantitative estimate of drug-likeness (QED) is 0.891. The fraction of sp³-hybridized carbons (Fsp3) is 0.368. The third kappa shape index (κ3) is 4.09. The van der Waals surface area contributed by atoms with Gasteiger partial charge in [0.25, 0.3) is 0 Å². The van der Waals surface area contributed by atoms with Crippen molar-refractivity contribution in [2.75, 3.05) is 0 Å². The molecule has 0 saturated carbocycles. The number of fused-ring (bicyclic) bond motifs is 1. The summed E-state index contributed by atoms with van der Waals surface area (Å²) in [5.41, 5.74) is 1.07. The minimum atomic E-state index is -0.523. The van der Waals surface area contributed by atoms with E-state index in [-0.39, 0.29) is 23.8 Å². The zero-order valence-corrected chi connectivity index (χ0v) is 14.1. The molecule has 0 saturated heterocycles. The van der Waals surface area contributed by atoms with Crippen molar-refractivity contribution in [2.24, 2.45) is 5.92 Å². The molecule has 4 nitrogen and oxygen atoms in total. The largest absolute Gasteiger partial charge is 0.348 e. The molecule has 2 aromatic carbocycles. The molecule has 2 amide bonds. The van der Waals surface area contributed by atoms with Crippen molar-refractivity contribution < 1.29 is 9.59 Å². The predicted molar refractivity (Wildman–Crippen MR) is 92.9 cm³/mol. The number of benzene rings is 2. The first-order valence-corrected chi connectivity index (χ1v) is 7.95. The van der Waals surface area contributed by atoms with Crippen LogP contribution < -0.4 is 10.6 Å². The van der Waals surface area contributed by atoms with Gasteiger partial charge in [-0.3, -0.25) is 9.59 Å². The van der Waals surface area contributed by atoms with Gasteiger partial charge in [0.1, 0.15) is 6.04 Å². The number of carbonyl (C=O) groups is 2. The summed E-state index contributed by atoms with van der Waals surface area (Å²) in [6.07, 6.45) is 0. The van der Waals surface area contributed by atoms with Crippen LogP contribution in [-0.2, 0) is 9.59 Å². The van der Waals surface area contributed by atoms with Gasteiger partial charge in [0.05, 0.1) is 6.04 Å². The lowest BCUT2D eigenvalue weighted by molar-refractivity contribution is -0.129. The Labute approximate surface area is 137 Å². The Morgan fingerprint density at radius 3 is 2.22 bits per heavy atom. The normalized spacial score (nSPS) is 13.6. The third-order valence-corrected chi connectivity index (χ3v) is 3.96. The molecule has 0 fully saturated rings. The topological polar surface area (TPSA) is 58.2 Å². The summed E-state index contributed by atoms with van der Waals surface area (Å²) in [4.78, 5) is 23.8. The molecular weight excluding hydrogens is 288 g/mol. The van der Waals surface area contributed by atoms with Crippen LogP contribution in [0.1, 0.15) is 39.3 Å². The maximum atomic E-state index is 12.5. The second kappa shape index (κ2) is 7.27. The lowest BCUT2D eigenvalue weighted by Crippen LogP contribution is -2.49. The van der Waals surface area contributed by atoms with Gasteiger partial charge in [-0.15, -0.1) is 0 Å². The van der Waals surface area contributed by atoms with E-state index in [0.29, 0.717) is 0 Å². The van der Waals surface area contributed by atoms with Crippen LogP contribution in [0.2, 0.25) is 0 Å². The van der Waals surface area contributed by atoms with Crippen molar-refractivity contribution in [3.05, 3.63) is 48.0 Å². The lowest BCUT2D eigenvalue weighted by Gasteiger charge is -2.24. The Hall–Kier alpha value is -2.36. The highest BCUT2D eigenvalue weighted by atomic mass is 16.2. The van der Waals surface area contributed by atoms with Crippen molar-refractivity contribution in [3.8, 4) is 0 Å². The summed E-state index contributed by atoms with van der Waals surface area (Å²) in [6, 6.07) is 13.5. The van der Waals surface area contributed by atoms with Crippen molar-refractivity contribution >= 4 is 22.6 Å². The first kappa shape index (κ1) is 17.0. The van der Waals surface area contributed by atoms with Crippen LogP contribution >= 0.6 is 0 Å². The molecule has 0 unspecified atom stereocenters. The summed E-state index contributed by atoms with van der Waals surface area (Å²) >= 11 is 0. The number of nitrogens with one attached hydrogen (secondary N) is 2. The summed E-state index contributed by atoms with van der Waals surface area (Å²) < 4.78 is 0. The maximum absolute atomic E-state index is 12.5. The SMILES string of the molecule is CC(=O)N[C@H](C(=O)N[C@@H](C)c1cccc2ccccc12)C(C)C. The first-order valence-electron chi connectivity index (χ1n) is 7.95. The molecule has 2 rings (SSSR count). The molecule has 2 N–H and O–H groups in total. The zero-order chi connectivity index (χ0) is 17.0. The van der Waals surface area contributed by atoms with Crippen LogP contribution in [0.5, 0.6) is 0 Å². The van der Waals surface area contributed by atoms with E-state index >= 15 is 0 Å². The minimum Gasteiger partial charge on any atom is -0.348 e. The van der Waals surface area contributed by atoms with Crippen LogP contribution in [0, 0.1) is 5.92 Å². The van der Waals surface area contributed by atoms with Gasteiger partial charge in [0, 0.05) is 6.92 Å². The van der Waals surface area contributed by atoms with E-state index in [9.17, 15) is 9.59 Å². The monoisotopic (exact) mass is 312 g/mol. The highest BCUT2D eigenvalue weighted by Gasteiger charge is 2.24. The van der Waals surface area contributed by atoms with E-state index < -0.39 is 6.04 Å². The molecule has 0 aliphatic rings. The number of hydrogen-bond donors (Lipinski definition) is 2. The molecule has 122 valence electrons. The Kier molecular flexibility index (Phi) is 5.37. The number of rotatable bonds is 5. The van der Waals surface area contributed by atoms with Gasteiger partial charge >= 0.3 is 0 Å². The average Bonchev–Trinajstić information content (AvgIpc) is 2.51. The third-order valence-electron chi connectivity index (χ3n) is 3.96. The highest BCUT2D eigenvalue weighted by molar-refractivity contribution is 5.89. The predicted octanol–water partition coefficient (Wildman–Crippen LogP) is 3.18. The Balaban J connectivity index is 2.21. The van der Waals surface area contributed by atoms with Crippen LogP contribution in [0.15, 0.2) is 42.5 Å². The van der Waals surface area contributed by atoms with Crippen LogP contribution in [0.25, 0.3) is 10.8 Å². The second-order valence-corrected chi connectivity index (χ2v) is 6.22. The summed E-state index contributed by atoms with van der Waals surface area (Å²) in [6.45, 7) is 7.23. The van der Waals surface area contributed by atoms with E-state index in [1.54, 1.807) is 0 Å². The first-order chi connectivity index (χ1) is 10.9. The molecule has 0 heterocycles. The van der Waals surface area contributed by atoms with Gasteiger partial charge < -0.3 is 10.6 Å². The minimum absolute atomic E-state index is 0.0265. The van der Waals surface area contributed by atoms with E-state index in [1.807, 2.05) is 45.0 Å². The molecule has 2 atom stereocenters. The van der Waals surface area contributed by atoms with Crippen LogP contribution in [0.4, 0.5) is 0 Å². The lowest BCUT2D eigenvalue weighted by atomic mass is 9.98. The van der Waals surface area contributed by atoms with Gasteiger partial charge in [0.15, 0.2) is 0 Å². The molecule has 0 radical (unpaired) electrons. The van der Waals surface area contributed by atoms with Gasteiger partial charge in [-0.05, 0) is 29.2 Å². The van der Waals surface area contributed by atoms with Gasteiger partial charge in [-0.25, -0.2) is 0 Å². The molecule has 0 spiro atoms. The molecule has 0 bridgehead atoms. The zero-order valence-electron chi connectivity index (χ0n) is 14.1. The van der Waals surface area contributed by atoms with E-state index in [4.69, 9.17) is 0 Å². The molecule has 0 aliphatic carbocycles. The number of hydrogen-bond acceptors (Lipinski definition) is 2. The Morgan fingerprint density at radius 2 is 1.57 bits per heavy atom. The molecule has 4 heteroatoms. The standard InChI is InChI=1S/C19H24N2O2/c1-12(2)18(21-14(4)22)19(23)20-13(3)16-11-7-9-15-8-5-6-10-17(15)16/h5-13,18H,1-4H3,(H,20,23)(H,21,22)/t13-,18-/m0/s1. The van der Waals surface area contributed by atoms with E-state index in [0.717, 1.165) is 16.3 Å². The smallest absolute Gasteiger partial charge is 0.243 e. The van der Waals surface area contributed by atoms with Crippen LogP contribution in [0.3, 0.4) is 0 Å². The van der Waals surface area contributed by atoms with Crippen molar-refractivity contribution in [3.63, 3.8) is 0 Å². The molecule has 0 aliphatic heterocycles. The van der Waals surface area contributed by atoms with Gasteiger partial charge in [-0.1, -0.05) is 56.3 Å². The summed E-state index contributed by atoms with van der Waals surface area (Å²) in [7, 11) is 0. The van der Waals surface area contributed by atoms with Crippen LogP contribution in [-0.4, -0.2) is 17.9 Å². The molecular formula is C19H24N2O2. The van der Waals surface area contributed by atoms with Gasteiger partial charge in [0.2, 0.25) is 11.8 Å². The second-order valence-electron chi connectivity index (χ2n) is 6.22. The fourth-order valence-corrected chi connectivity index (χ4v) is 2.76. The Morgan fingerprint density at radius 1 is 0.913 bits per heavy atom. The Bertz CT molecular complexity index is 704. The van der Waals surface area contributed by atoms with Crippen molar-refractivity contribution in [1.82, 2.24) is 10.6 Å². The number of carbonyl (C=O) groups excluding carboxylic acids is 2. The van der Waals surface area contributed by atoms with E-state index in [2.05, 4.69) is 28.8 Å². The average molecular weight is 312 g/mol. The maximum Gasteiger partial charge on any atom is 0.243 e. The van der Waals surface area contributed by atoms with Crippen molar-refractivity contribution in [2.45, 2.75) is 39.8 Å². The van der Waals surface area contributed by atoms with Gasteiger partial charge in [-0.2, -0.15) is 0 Å².